The van der Waals surface area contributed by atoms with Crippen LogP contribution in [0, 0.1) is 11.3 Å². The molecule has 0 spiro atoms. The summed E-state index contributed by atoms with van der Waals surface area (Å²) in [5.41, 5.74) is 1.66. The summed E-state index contributed by atoms with van der Waals surface area (Å²) >= 11 is 0. The zero-order valence-corrected chi connectivity index (χ0v) is 11.8. The molecule has 19 heavy (non-hydrogen) atoms. The van der Waals surface area contributed by atoms with Crippen molar-refractivity contribution < 1.29 is 4.79 Å². The van der Waals surface area contributed by atoms with E-state index in [0.717, 1.165) is 18.7 Å². The van der Waals surface area contributed by atoms with Gasteiger partial charge in [-0.05, 0) is 38.5 Å². The Bertz CT molecular complexity index is 461. The normalized spacial score (nSPS) is 11.7. The second-order valence-electron chi connectivity index (χ2n) is 4.41. The van der Waals surface area contributed by atoms with E-state index < -0.39 is 0 Å². The van der Waals surface area contributed by atoms with Crippen LogP contribution in [-0.2, 0) is 4.79 Å². The lowest BCUT2D eigenvalue weighted by Gasteiger charge is -2.21. The molecule has 0 radical (unpaired) electrons. The van der Waals surface area contributed by atoms with Crippen LogP contribution in [0.3, 0.4) is 0 Å². The number of nitrogens with zero attached hydrogens (tertiary/aromatic N) is 2. The highest BCUT2D eigenvalue weighted by Crippen LogP contribution is 2.13. The van der Waals surface area contributed by atoms with Gasteiger partial charge in [-0.25, -0.2) is 0 Å². The van der Waals surface area contributed by atoms with Gasteiger partial charge in [0.05, 0.1) is 18.2 Å². The lowest BCUT2D eigenvalue weighted by atomic mass is 10.1. The Morgan fingerprint density at radius 3 is 2.68 bits per heavy atom. The van der Waals surface area contributed by atoms with E-state index in [1.54, 1.807) is 11.0 Å². The highest BCUT2D eigenvalue weighted by Gasteiger charge is 2.12. The maximum absolute atomic E-state index is 11.9. The van der Waals surface area contributed by atoms with Gasteiger partial charge in [-0.15, -0.1) is 0 Å². The topological polar surface area (TPSA) is 56.1 Å². The highest BCUT2D eigenvalue weighted by atomic mass is 16.2. The van der Waals surface area contributed by atoms with E-state index in [2.05, 4.69) is 11.4 Å². The van der Waals surface area contributed by atoms with Crippen molar-refractivity contribution in [3.63, 3.8) is 0 Å². The summed E-state index contributed by atoms with van der Waals surface area (Å²) in [5, 5.41) is 12.1. The third-order valence-corrected chi connectivity index (χ3v) is 3.19. The molecule has 1 unspecified atom stereocenters. The van der Waals surface area contributed by atoms with Gasteiger partial charge in [0.2, 0.25) is 5.91 Å². The van der Waals surface area contributed by atoms with Crippen molar-refractivity contribution in [1.82, 2.24) is 10.2 Å². The summed E-state index contributed by atoms with van der Waals surface area (Å²) in [6.45, 7) is 7.72. The molecule has 1 aromatic rings. The summed E-state index contributed by atoms with van der Waals surface area (Å²) in [6, 6.07) is 9.61. The third kappa shape index (κ3) is 4.38. The fourth-order valence-corrected chi connectivity index (χ4v) is 1.92. The number of nitrogens with one attached hydrogen (secondary N) is 1. The molecule has 1 aromatic carbocycles. The average molecular weight is 259 g/mol. The molecule has 0 saturated heterocycles. The summed E-state index contributed by atoms with van der Waals surface area (Å²) in [7, 11) is 0. The number of hydrogen-bond acceptors (Lipinski definition) is 3. The maximum atomic E-state index is 11.9. The van der Waals surface area contributed by atoms with E-state index in [1.807, 2.05) is 39.0 Å². The van der Waals surface area contributed by atoms with Crippen molar-refractivity contribution >= 4 is 5.91 Å². The van der Waals surface area contributed by atoms with Gasteiger partial charge in [-0.2, -0.15) is 5.26 Å². The van der Waals surface area contributed by atoms with Gasteiger partial charge in [-0.1, -0.05) is 12.1 Å². The summed E-state index contributed by atoms with van der Waals surface area (Å²) in [4.78, 5) is 13.7. The first-order chi connectivity index (χ1) is 9.12. The lowest BCUT2D eigenvalue weighted by molar-refractivity contribution is -0.129. The maximum Gasteiger partial charge on any atom is 0.236 e. The Balaban J connectivity index is 2.58. The first-order valence-electron chi connectivity index (χ1n) is 6.63. The molecule has 0 bridgehead atoms. The SMILES string of the molecule is CCN(CC)C(=O)CNC(C)c1cccc(C#N)c1. The lowest BCUT2D eigenvalue weighted by Crippen LogP contribution is -2.38. The number of likely N-dealkylation sites (N-methyl/N-ethyl adjacent to an activating group) is 1. The molecule has 0 aliphatic heterocycles. The van der Waals surface area contributed by atoms with Gasteiger partial charge in [-0.3, -0.25) is 4.79 Å². The van der Waals surface area contributed by atoms with Gasteiger partial charge in [0.1, 0.15) is 0 Å². The molecule has 4 nitrogen and oxygen atoms in total. The molecule has 0 heterocycles. The minimum Gasteiger partial charge on any atom is -0.342 e. The highest BCUT2D eigenvalue weighted by molar-refractivity contribution is 5.78. The zero-order valence-electron chi connectivity index (χ0n) is 11.8. The van der Waals surface area contributed by atoms with Crippen LogP contribution in [0.25, 0.3) is 0 Å². The Morgan fingerprint density at radius 1 is 1.42 bits per heavy atom. The van der Waals surface area contributed by atoms with Crippen LogP contribution < -0.4 is 5.32 Å². The minimum atomic E-state index is 0.0489. The Labute approximate surface area is 115 Å². The van der Waals surface area contributed by atoms with E-state index in [1.165, 1.54) is 0 Å². The Hall–Kier alpha value is -1.86. The largest absolute Gasteiger partial charge is 0.342 e. The molecule has 4 heteroatoms. The number of carbonyl (C=O) groups is 1. The zero-order chi connectivity index (χ0) is 14.3. The number of carbonyl (C=O) groups excluding carboxylic acids is 1. The van der Waals surface area contributed by atoms with E-state index >= 15 is 0 Å². The van der Waals surface area contributed by atoms with Crippen LogP contribution in [0.15, 0.2) is 24.3 Å². The molecule has 1 atom stereocenters. The monoisotopic (exact) mass is 259 g/mol. The van der Waals surface area contributed by atoms with Gasteiger partial charge >= 0.3 is 0 Å². The first-order valence-corrected chi connectivity index (χ1v) is 6.63. The molecule has 1 N–H and O–H groups in total. The number of nitriles is 1. The third-order valence-electron chi connectivity index (χ3n) is 3.19. The Morgan fingerprint density at radius 2 is 2.11 bits per heavy atom. The van der Waals surface area contributed by atoms with Crippen molar-refractivity contribution in [2.75, 3.05) is 19.6 Å². The van der Waals surface area contributed by atoms with Crippen molar-refractivity contribution in [3.8, 4) is 6.07 Å². The number of hydrogen-bond donors (Lipinski definition) is 1. The van der Waals surface area contributed by atoms with Gasteiger partial charge in [0, 0.05) is 19.1 Å². The number of rotatable bonds is 6. The van der Waals surface area contributed by atoms with E-state index in [-0.39, 0.29) is 11.9 Å². The van der Waals surface area contributed by atoms with Crippen LogP contribution in [0.4, 0.5) is 0 Å². The van der Waals surface area contributed by atoms with E-state index in [0.29, 0.717) is 12.1 Å². The van der Waals surface area contributed by atoms with Gasteiger partial charge < -0.3 is 10.2 Å². The van der Waals surface area contributed by atoms with Crippen LogP contribution in [0.1, 0.15) is 37.9 Å². The minimum absolute atomic E-state index is 0.0489. The van der Waals surface area contributed by atoms with Gasteiger partial charge in [0.15, 0.2) is 0 Å². The number of benzene rings is 1. The fourth-order valence-electron chi connectivity index (χ4n) is 1.92. The van der Waals surface area contributed by atoms with Crippen LogP contribution >= 0.6 is 0 Å². The van der Waals surface area contributed by atoms with Crippen LogP contribution in [0.2, 0.25) is 0 Å². The molecule has 0 aromatic heterocycles. The molecule has 0 fully saturated rings. The van der Waals surface area contributed by atoms with Crippen LogP contribution in [-0.4, -0.2) is 30.4 Å². The summed E-state index contributed by atoms with van der Waals surface area (Å²) in [6.07, 6.45) is 0. The van der Waals surface area contributed by atoms with Crippen molar-refractivity contribution in [3.05, 3.63) is 35.4 Å². The van der Waals surface area contributed by atoms with Crippen LogP contribution in [0.5, 0.6) is 0 Å². The second kappa shape index (κ2) is 7.55. The molecule has 0 saturated carbocycles. The standard InChI is InChI=1S/C15H21N3O/c1-4-18(5-2)15(19)11-17-12(3)14-8-6-7-13(9-14)10-16/h6-9,12,17H,4-5,11H2,1-3H3. The first kappa shape index (κ1) is 15.2. The molecule has 1 amide bonds. The van der Waals surface area contributed by atoms with Crippen molar-refractivity contribution in [1.29, 1.82) is 5.26 Å². The average Bonchev–Trinajstić information content (AvgIpc) is 2.46. The molecule has 1 rings (SSSR count). The Kier molecular flexibility index (Phi) is 6.04. The molecular formula is C15H21N3O. The van der Waals surface area contributed by atoms with E-state index in [4.69, 9.17) is 5.26 Å². The predicted molar refractivity (Wildman–Crippen MR) is 75.5 cm³/mol. The second-order valence-corrected chi connectivity index (χ2v) is 4.41. The fraction of sp³-hybridized carbons (Fsp3) is 0.467. The molecular weight excluding hydrogens is 238 g/mol. The van der Waals surface area contributed by atoms with Gasteiger partial charge in [0.25, 0.3) is 0 Å². The predicted octanol–water partition coefficient (Wildman–Crippen LogP) is 2.08. The van der Waals surface area contributed by atoms with Crippen molar-refractivity contribution in [2.45, 2.75) is 26.8 Å². The van der Waals surface area contributed by atoms with E-state index in [9.17, 15) is 4.79 Å². The number of amides is 1. The summed E-state index contributed by atoms with van der Waals surface area (Å²) in [5.74, 6) is 0.105. The smallest absolute Gasteiger partial charge is 0.236 e. The molecule has 0 aliphatic rings. The molecule has 0 aliphatic carbocycles. The quantitative estimate of drug-likeness (QED) is 0.851. The molecule has 102 valence electrons. The summed E-state index contributed by atoms with van der Waals surface area (Å²) < 4.78 is 0. The van der Waals surface area contributed by atoms with Crippen molar-refractivity contribution in [2.24, 2.45) is 0 Å².